The molecule has 0 bridgehead atoms. The minimum absolute atomic E-state index is 0.0761. The summed E-state index contributed by atoms with van der Waals surface area (Å²) in [6, 6.07) is 10.1. The maximum atomic E-state index is 13.6. The summed E-state index contributed by atoms with van der Waals surface area (Å²) >= 11 is 0. The zero-order chi connectivity index (χ0) is 23.1. The molecule has 4 rings (SSSR count). The molecule has 0 N–H and O–H groups in total. The maximum Gasteiger partial charge on any atom is 0.227 e. The van der Waals surface area contributed by atoms with Crippen molar-refractivity contribution in [1.82, 2.24) is 4.90 Å². The summed E-state index contributed by atoms with van der Waals surface area (Å²) in [5, 5.41) is 0. The summed E-state index contributed by atoms with van der Waals surface area (Å²) in [6.45, 7) is 9.19. The number of fused-ring (bicyclic) bond motifs is 2. The lowest BCUT2D eigenvalue weighted by Gasteiger charge is -2.40. The van der Waals surface area contributed by atoms with Crippen LogP contribution < -0.4 is 9.64 Å². The Morgan fingerprint density at radius 1 is 1.06 bits per heavy atom. The second-order valence-corrected chi connectivity index (χ2v) is 10.4. The first-order chi connectivity index (χ1) is 15.1. The van der Waals surface area contributed by atoms with Crippen LogP contribution in [-0.4, -0.2) is 37.6 Å². The van der Waals surface area contributed by atoms with Crippen molar-refractivity contribution in [2.75, 3.05) is 31.6 Å². The van der Waals surface area contributed by atoms with Gasteiger partial charge >= 0.3 is 0 Å². The van der Waals surface area contributed by atoms with Crippen LogP contribution in [0, 0.1) is 17.0 Å². The predicted molar refractivity (Wildman–Crippen MR) is 122 cm³/mol. The molecule has 4 nitrogen and oxygen atoms in total. The first kappa shape index (κ1) is 22.7. The highest BCUT2D eigenvalue weighted by molar-refractivity contribution is 5.96. The molecule has 1 saturated heterocycles. The molecule has 0 unspecified atom stereocenters. The van der Waals surface area contributed by atoms with E-state index in [1.807, 2.05) is 17.0 Å². The van der Waals surface area contributed by atoms with E-state index in [2.05, 4.69) is 31.7 Å². The van der Waals surface area contributed by atoms with Gasteiger partial charge in [0.2, 0.25) is 5.91 Å². The van der Waals surface area contributed by atoms with Gasteiger partial charge in [-0.2, -0.15) is 0 Å². The van der Waals surface area contributed by atoms with E-state index >= 15 is 0 Å². The standard InChI is InChI=1S/C26H32F2N2O2/c1-25(2,3)15-24(31)30-17-26(20-14-19(32-4)6-8-23(20)30)9-11-29(12-10-26)16-18-5-7-21(27)22(28)13-18/h5-8,13-14H,9-12,15-17H2,1-4H3. The van der Waals surface area contributed by atoms with E-state index in [4.69, 9.17) is 4.74 Å². The van der Waals surface area contributed by atoms with Gasteiger partial charge in [-0.25, -0.2) is 8.78 Å². The van der Waals surface area contributed by atoms with Gasteiger partial charge in [0.05, 0.1) is 7.11 Å². The molecule has 0 radical (unpaired) electrons. The van der Waals surface area contributed by atoms with Crippen LogP contribution in [0.15, 0.2) is 36.4 Å². The molecule has 0 aromatic heterocycles. The average Bonchev–Trinajstić information content (AvgIpc) is 3.05. The van der Waals surface area contributed by atoms with Gasteiger partial charge in [0, 0.05) is 30.6 Å². The van der Waals surface area contributed by atoms with Crippen molar-refractivity contribution in [3.05, 3.63) is 59.2 Å². The zero-order valence-corrected chi connectivity index (χ0v) is 19.4. The Balaban J connectivity index is 1.54. The molecule has 2 heterocycles. The summed E-state index contributed by atoms with van der Waals surface area (Å²) in [5.74, 6) is -0.661. The molecule has 32 heavy (non-hydrogen) atoms. The van der Waals surface area contributed by atoms with E-state index in [0.29, 0.717) is 19.5 Å². The van der Waals surface area contributed by atoms with E-state index in [0.717, 1.165) is 42.9 Å². The number of methoxy groups -OCH3 is 1. The van der Waals surface area contributed by atoms with E-state index in [1.54, 1.807) is 13.2 Å². The van der Waals surface area contributed by atoms with Crippen LogP contribution in [0.1, 0.15) is 51.2 Å². The lowest BCUT2D eigenvalue weighted by Crippen LogP contribution is -2.46. The Morgan fingerprint density at radius 2 is 1.78 bits per heavy atom. The van der Waals surface area contributed by atoms with Crippen molar-refractivity contribution in [3.8, 4) is 5.75 Å². The molecular weight excluding hydrogens is 410 g/mol. The number of halogens is 2. The molecule has 0 atom stereocenters. The first-order valence-corrected chi connectivity index (χ1v) is 11.3. The Labute approximate surface area is 189 Å². The van der Waals surface area contributed by atoms with Crippen molar-refractivity contribution >= 4 is 11.6 Å². The normalized spacial score (nSPS) is 18.1. The largest absolute Gasteiger partial charge is 0.497 e. The van der Waals surface area contributed by atoms with Gasteiger partial charge in [-0.05, 0) is 72.8 Å². The molecule has 1 spiro atoms. The van der Waals surface area contributed by atoms with Crippen molar-refractivity contribution in [1.29, 1.82) is 0 Å². The van der Waals surface area contributed by atoms with Crippen molar-refractivity contribution in [2.45, 2.75) is 52.0 Å². The monoisotopic (exact) mass is 442 g/mol. The highest BCUT2D eigenvalue weighted by Crippen LogP contribution is 2.49. The van der Waals surface area contributed by atoms with Crippen LogP contribution in [0.25, 0.3) is 0 Å². The summed E-state index contributed by atoms with van der Waals surface area (Å²) < 4.78 is 32.3. The Bertz CT molecular complexity index is 1010. The highest BCUT2D eigenvalue weighted by atomic mass is 19.2. The summed E-state index contributed by atoms with van der Waals surface area (Å²) in [4.78, 5) is 17.4. The van der Waals surface area contributed by atoms with Gasteiger partial charge in [-0.1, -0.05) is 26.8 Å². The van der Waals surface area contributed by atoms with Crippen molar-refractivity contribution < 1.29 is 18.3 Å². The van der Waals surface area contributed by atoms with E-state index < -0.39 is 11.6 Å². The fourth-order valence-corrected chi connectivity index (χ4v) is 5.01. The number of ether oxygens (including phenoxy) is 1. The van der Waals surface area contributed by atoms with Crippen LogP contribution in [-0.2, 0) is 16.8 Å². The molecule has 2 aromatic rings. The third-order valence-electron chi connectivity index (χ3n) is 6.71. The predicted octanol–water partition coefficient (Wildman–Crippen LogP) is 5.29. The van der Waals surface area contributed by atoms with E-state index in [9.17, 15) is 13.6 Å². The quantitative estimate of drug-likeness (QED) is 0.645. The topological polar surface area (TPSA) is 32.8 Å². The van der Waals surface area contributed by atoms with Gasteiger partial charge in [0.1, 0.15) is 5.75 Å². The van der Waals surface area contributed by atoms with Gasteiger partial charge in [-0.3, -0.25) is 9.69 Å². The Morgan fingerprint density at radius 3 is 2.41 bits per heavy atom. The number of carbonyl (C=O) groups excluding carboxylic acids is 1. The van der Waals surface area contributed by atoms with Crippen LogP contribution >= 0.6 is 0 Å². The van der Waals surface area contributed by atoms with Crippen LogP contribution in [0.4, 0.5) is 14.5 Å². The summed E-state index contributed by atoms with van der Waals surface area (Å²) in [5.41, 5.74) is 2.77. The van der Waals surface area contributed by atoms with Gasteiger partial charge in [0.15, 0.2) is 11.6 Å². The third kappa shape index (κ3) is 4.51. The number of anilines is 1. The average molecular weight is 443 g/mol. The highest BCUT2D eigenvalue weighted by Gasteiger charge is 2.46. The van der Waals surface area contributed by atoms with Crippen LogP contribution in [0.3, 0.4) is 0 Å². The Kier molecular flexibility index (Phi) is 6.01. The summed E-state index contributed by atoms with van der Waals surface area (Å²) in [7, 11) is 1.66. The van der Waals surface area contributed by atoms with Crippen LogP contribution in [0.5, 0.6) is 5.75 Å². The minimum atomic E-state index is -0.817. The lowest BCUT2D eigenvalue weighted by atomic mass is 9.74. The molecule has 0 aliphatic carbocycles. The van der Waals surface area contributed by atoms with Crippen molar-refractivity contribution in [2.24, 2.45) is 5.41 Å². The maximum absolute atomic E-state index is 13.6. The lowest BCUT2D eigenvalue weighted by molar-refractivity contribution is -0.120. The van der Waals surface area contributed by atoms with E-state index in [-0.39, 0.29) is 16.7 Å². The number of hydrogen-bond acceptors (Lipinski definition) is 3. The SMILES string of the molecule is COc1ccc2c(c1)C1(CCN(Cc3ccc(F)c(F)c3)CC1)CN2C(=O)CC(C)(C)C. The number of likely N-dealkylation sites (tertiary alicyclic amines) is 1. The number of benzene rings is 2. The van der Waals surface area contributed by atoms with Gasteiger partial charge in [0.25, 0.3) is 0 Å². The molecule has 2 aromatic carbocycles. The molecule has 172 valence electrons. The number of amides is 1. The second kappa shape index (κ2) is 8.47. The number of piperidine rings is 1. The van der Waals surface area contributed by atoms with Crippen LogP contribution in [0.2, 0.25) is 0 Å². The van der Waals surface area contributed by atoms with Gasteiger partial charge in [-0.15, -0.1) is 0 Å². The second-order valence-electron chi connectivity index (χ2n) is 10.4. The third-order valence-corrected chi connectivity index (χ3v) is 6.71. The number of hydrogen-bond donors (Lipinski definition) is 0. The molecule has 2 aliphatic rings. The minimum Gasteiger partial charge on any atom is -0.497 e. The molecule has 0 saturated carbocycles. The smallest absolute Gasteiger partial charge is 0.227 e. The molecule has 1 amide bonds. The number of nitrogens with zero attached hydrogens (tertiary/aromatic N) is 2. The molecule has 1 fully saturated rings. The summed E-state index contributed by atoms with van der Waals surface area (Å²) in [6.07, 6.45) is 2.29. The number of carbonyl (C=O) groups is 1. The number of rotatable bonds is 4. The molecular formula is C26H32F2N2O2. The fraction of sp³-hybridized carbons (Fsp3) is 0.500. The fourth-order valence-electron chi connectivity index (χ4n) is 5.01. The first-order valence-electron chi connectivity index (χ1n) is 11.3. The van der Waals surface area contributed by atoms with Gasteiger partial charge < -0.3 is 9.64 Å². The molecule has 2 aliphatic heterocycles. The molecule has 6 heteroatoms. The van der Waals surface area contributed by atoms with E-state index in [1.165, 1.54) is 17.7 Å². The zero-order valence-electron chi connectivity index (χ0n) is 19.4. The van der Waals surface area contributed by atoms with Crippen molar-refractivity contribution in [3.63, 3.8) is 0 Å². The Hall–Kier alpha value is -2.47.